The van der Waals surface area contributed by atoms with Gasteiger partial charge < -0.3 is 0 Å². The summed E-state index contributed by atoms with van der Waals surface area (Å²) in [6, 6.07) is 0. The zero-order valence-corrected chi connectivity index (χ0v) is 7.19. The zero-order valence-electron chi connectivity index (χ0n) is 7.19. The SMILES string of the molecule is C=CCC(=CCCC)CC. The summed E-state index contributed by atoms with van der Waals surface area (Å²) in [4.78, 5) is 0. The minimum atomic E-state index is 1.07. The van der Waals surface area contributed by atoms with Gasteiger partial charge in [-0.15, -0.1) is 6.58 Å². The van der Waals surface area contributed by atoms with Gasteiger partial charge in [0, 0.05) is 0 Å². The highest BCUT2D eigenvalue weighted by molar-refractivity contribution is 5.05. The van der Waals surface area contributed by atoms with Crippen molar-refractivity contribution in [2.45, 2.75) is 39.5 Å². The van der Waals surface area contributed by atoms with Crippen LogP contribution in [0.3, 0.4) is 0 Å². The summed E-state index contributed by atoms with van der Waals surface area (Å²) in [7, 11) is 0. The standard InChI is InChI=1S/C10H18/c1-4-7-9-10(6-3)8-5-2/h5,9H,2,4,6-8H2,1,3H3. The van der Waals surface area contributed by atoms with Crippen molar-refractivity contribution in [3.63, 3.8) is 0 Å². The molecule has 0 nitrogen and oxygen atoms in total. The first-order valence-corrected chi connectivity index (χ1v) is 4.13. The number of allylic oxidation sites excluding steroid dienone is 3. The number of hydrogen-bond acceptors (Lipinski definition) is 0. The molecule has 0 atom stereocenters. The van der Waals surface area contributed by atoms with Crippen molar-refractivity contribution in [3.05, 3.63) is 24.3 Å². The van der Waals surface area contributed by atoms with E-state index in [1.165, 1.54) is 24.8 Å². The van der Waals surface area contributed by atoms with E-state index in [0.717, 1.165) is 6.42 Å². The van der Waals surface area contributed by atoms with E-state index in [1.807, 2.05) is 6.08 Å². The van der Waals surface area contributed by atoms with E-state index in [1.54, 1.807) is 0 Å². The van der Waals surface area contributed by atoms with Crippen molar-refractivity contribution in [1.29, 1.82) is 0 Å². The van der Waals surface area contributed by atoms with Crippen LogP contribution in [0.1, 0.15) is 39.5 Å². The van der Waals surface area contributed by atoms with Gasteiger partial charge in [-0.1, -0.05) is 38.0 Å². The van der Waals surface area contributed by atoms with Gasteiger partial charge >= 0.3 is 0 Å². The summed E-state index contributed by atoms with van der Waals surface area (Å²) in [5.41, 5.74) is 1.52. The summed E-state index contributed by atoms with van der Waals surface area (Å²) in [5.74, 6) is 0. The lowest BCUT2D eigenvalue weighted by atomic mass is 10.1. The van der Waals surface area contributed by atoms with Gasteiger partial charge in [-0.25, -0.2) is 0 Å². The van der Waals surface area contributed by atoms with Crippen LogP contribution >= 0.6 is 0 Å². The molecule has 0 saturated heterocycles. The summed E-state index contributed by atoms with van der Waals surface area (Å²) in [6.07, 6.45) is 9.02. The van der Waals surface area contributed by atoms with Crippen molar-refractivity contribution in [2.75, 3.05) is 0 Å². The third-order valence-electron chi connectivity index (χ3n) is 1.58. The van der Waals surface area contributed by atoms with Crippen LogP contribution in [0.4, 0.5) is 0 Å². The molecule has 0 aromatic rings. The van der Waals surface area contributed by atoms with E-state index in [0.29, 0.717) is 0 Å². The van der Waals surface area contributed by atoms with Crippen molar-refractivity contribution in [3.8, 4) is 0 Å². The number of hydrogen-bond donors (Lipinski definition) is 0. The Kier molecular flexibility index (Phi) is 6.25. The molecule has 0 aromatic carbocycles. The normalized spacial score (nSPS) is 11.6. The van der Waals surface area contributed by atoms with Crippen LogP contribution in [0.2, 0.25) is 0 Å². The van der Waals surface area contributed by atoms with E-state index in [9.17, 15) is 0 Å². The number of rotatable bonds is 5. The van der Waals surface area contributed by atoms with Crippen LogP contribution in [-0.4, -0.2) is 0 Å². The molecule has 0 heterocycles. The van der Waals surface area contributed by atoms with Crippen molar-refractivity contribution < 1.29 is 0 Å². The third kappa shape index (κ3) is 4.37. The topological polar surface area (TPSA) is 0 Å². The summed E-state index contributed by atoms with van der Waals surface area (Å²) in [6.45, 7) is 8.12. The molecule has 0 saturated carbocycles. The predicted molar refractivity (Wildman–Crippen MR) is 48.1 cm³/mol. The Morgan fingerprint density at radius 2 is 2.10 bits per heavy atom. The molecule has 0 aromatic heterocycles. The molecule has 10 heavy (non-hydrogen) atoms. The Morgan fingerprint density at radius 3 is 2.50 bits per heavy atom. The van der Waals surface area contributed by atoms with Gasteiger partial charge in [0.15, 0.2) is 0 Å². The van der Waals surface area contributed by atoms with E-state index in [4.69, 9.17) is 0 Å². The molecule has 0 N–H and O–H groups in total. The fourth-order valence-corrected chi connectivity index (χ4v) is 0.906. The molecule has 0 spiro atoms. The number of unbranched alkanes of at least 4 members (excludes halogenated alkanes) is 1. The molecule has 0 radical (unpaired) electrons. The molecule has 0 aliphatic rings. The van der Waals surface area contributed by atoms with Crippen LogP contribution in [0.5, 0.6) is 0 Å². The molecule has 0 heteroatoms. The maximum atomic E-state index is 3.72. The second-order valence-corrected chi connectivity index (χ2v) is 2.50. The first-order chi connectivity index (χ1) is 4.85. The minimum Gasteiger partial charge on any atom is -0.103 e. The average Bonchev–Trinajstić information content (AvgIpc) is 1.98. The van der Waals surface area contributed by atoms with Gasteiger partial charge in [0.05, 0.1) is 0 Å². The van der Waals surface area contributed by atoms with E-state index < -0.39 is 0 Å². The highest BCUT2D eigenvalue weighted by Gasteiger charge is 1.87. The van der Waals surface area contributed by atoms with Gasteiger partial charge in [-0.05, 0) is 19.3 Å². The molecule has 0 rings (SSSR count). The lowest BCUT2D eigenvalue weighted by Gasteiger charge is -1.98. The van der Waals surface area contributed by atoms with Crippen LogP contribution < -0.4 is 0 Å². The fourth-order valence-electron chi connectivity index (χ4n) is 0.906. The predicted octanol–water partition coefficient (Wildman–Crippen LogP) is 3.70. The smallest absolute Gasteiger partial charge is 0.0142 e. The summed E-state index contributed by atoms with van der Waals surface area (Å²) in [5, 5.41) is 0. The maximum absolute atomic E-state index is 3.72. The molecule has 0 bridgehead atoms. The Balaban J connectivity index is 3.65. The first kappa shape index (κ1) is 9.48. The maximum Gasteiger partial charge on any atom is -0.0142 e. The van der Waals surface area contributed by atoms with Gasteiger partial charge in [-0.3, -0.25) is 0 Å². The Morgan fingerprint density at radius 1 is 1.40 bits per heavy atom. The molecule has 0 fully saturated rings. The molecule has 0 aliphatic carbocycles. The van der Waals surface area contributed by atoms with Gasteiger partial charge in [0.1, 0.15) is 0 Å². The zero-order chi connectivity index (χ0) is 7.82. The molecule has 0 unspecified atom stereocenters. The molecule has 58 valence electrons. The molecular formula is C10H18. The highest BCUT2D eigenvalue weighted by Crippen LogP contribution is 2.08. The van der Waals surface area contributed by atoms with Gasteiger partial charge in [-0.2, -0.15) is 0 Å². The molecule has 0 aliphatic heterocycles. The monoisotopic (exact) mass is 138 g/mol. The Bertz CT molecular complexity index is 109. The third-order valence-corrected chi connectivity index (χ3v) is 1.58. The van der Waals surface area contributed by atoms with Crippen molar-refractivity contribution >= 4 is 0 Å². The Hall–Kier alpha value is -0.520. The highest BCUT2D eigenvalue weighted by atomic mass is 13.9. The van der Waals surface area contributed by atoms with Crippen LogP contribution in [0.25, 0.3) is 0 Å². The minimum absolute atomic E-state index is 1.07. The first-order valence-electron chi connectivity index (χ1n) is 4.13. The Labute approximate surface area is 64.6 Å². The van der Waals surface area contributed by atoms with Crippen LogP contribution in [0.15, 0.2) is 24.3 Å². The summed E-state index contributed by atoms with van der Waals surface area (Å²) >= 11 is 0. The van der Waals surface area contributed by atoms with Crippen LogP contribution in [-0.2, 0) is 0 Å². The largest absolute Gasteiger partial charge is 0.103 e. The van der Waals surface area contributed by atoms with E-state index in [2.05, 4.69) is 26.5 Å². The second kappa shape index (κ2) is 6.60. The second-order valence-electron chi connectivity index (χ2n) is 2.50. The average molecular weight is 138 g/mol. The van der Waals surface area contributed by atoms with E-state index in [-0.39, 0.29) is 0 Å². The van der Waals surface area contributed by atoms with Crippen LogP contribution in [0, 0.1) is 0 Å². The molecule has 0 amide bonds. The van der Waals surface area contributed by atoms with Crippen molar-refractivity contribution in [2.24, 2.45) is 0 Å². The van der Waals surface area contributed by atoms with Gasteiger partial charge in [0.25, 0.3) is 0 Å². The summed E-state index contributed by atoms with van der Waals surface area (Å²) < 4.78 is 0. The quantitative estimate of drug-likeness (QED) is 0.508. The fraction of sp³-hybridized carbons (Fsp3) is 0.600. The van der Waals surface area contributed by atoms with Crippen molar-refractivity contribution in [1.82, 2.24) is 0 Å². The van der Waals surface area contributed by atoms with Gasteiger partial charge in [0.2, 0.25) is 0 Å². The van der Waals surface area contributed by atoms with E-state index >= 15 is 0 Å². The molecular weight excluding hydrogens is 120 g/mol. The lowest BCUT2D eigenvalue weighted by Crippen LogP contribution is -1.77. The lowest BCUT2D eigenvalue weighted by molar-refractivity contribution is 0.919.